The molecule has 0 heterocycles. The Morgan fingerprint density at radius 3 is 2.71 bits per heavy atom. The number of carbonyl (C=O) groups excluding carboxylic acids is 1. The molecule has 0 amide bonds. The van der Waals surface area contributed by atoms with Crippen LogP contribution in [-0.4, -0.2) is 37.0 Å². The lowest BCUT2D eigenvalue weighted by atomic mass is 9.56. The van der Waals surface area contributed by atoms with Gasteiger partial charge in [-0.2, -0.15) is 0 Å². The van der Waals surface area contributed by atoms with Crippen molar-refractivity contribution in [3.05, 3.63) is 12.2 Å². The summed E-state index contributed by atoms with van der Waals surface area (Å²) in [6.45, 7) is 0. The van der Waals surface area contributed by atoms with E-state index in [9.17, 15) is 9.90 Å². The zero-order valence-electron chi connectivity index (χ0n) is 10.2. The van der Waals surface area contributed by atoms with Crippen LogP contribution in [0.15, 0.2) is 12.2 Å². The van der Waals surface area contributed by atoms with Gasteiger partial charge in [-0.15, -0.1) is 0 Å². The summed E-state index contributed by atoms with van der Waals surface area (Å²) in [5.41, 5.74) is -0.763. The Bertz CT molecular complexity index is 385. The van der Waals surface area contributed by atoms with E-state index in [1.54, 1.807) is 0 Å². The van der Waals surface area contributed by atoms with Gasteiger partial charge in [-0.05, 0) is 25.2 Å². The van der Waals surface area contributed by atoms with Crippen molar-refractivity contribution >= 4 is 5.78 Å². The highest BCUT2D eigenvalue weighted by Crippen LogP contribution is 2.59. The topological polar surface area (TPSA) is 55.8 Å². The number of ether oxygens (including phenoxy) is 2. The van der Waals surface area contributed by atoms with Crippen LogP contribution in [-0.2, 0) is 14.3 Å². The van der Waals surface area contributed by atoms with E-state index in [1.165, 1.54) is 14.2 Å². The number of ketones is 1. The van der Waals surface area contributed by atoms with Gasteiger partial charge in [0.05, 0.1) is 11.5 Å². The monoisotopic (exact) mass is 238 g/mol. The summed E-state index contributed by atoms with van der Waals surface area (Å²) in [5.74, 6) is -1.05. The van der Waals surface area contributed by atoms with Gasteiger partial charge >= 0.3 is 0 Å². The third kappa shape index (κ3) is 1.07. The number of rotatable bonds is 2. The van der Waals surface area contributed by atoms with Crippen molar-refractivity contribution in [2.24, 2.45) is 17.3 Å². The summed E-state index contributed by atoms with van der Waals surface area (Å²) in [6, 6.07) is 0. The van der Waals surface area contributed by atoms with Gasteiger partial charge in [0.15, 0.2) is 0 Å². The van der Waals surface area contributed by atoms with Crippen molar-refractivity contribution < 1.29 is 19.4 Å². The predicted molar refractivity (Wildman–Crippen MR) is 60.2 cm³/mol. The Morgan fingerprint density at radius 1 is 1.35 bits per heavy atom. The largest absolute Gasteiger partial charge is 0.392 e. The summed E-state index contributed by atoms with van der Waals surface area (Å²) in [7, 11) is 3.01. The minimum absolute atomic E-state index is 0.0258. The van der Waals surface area contributed by atoms with Crippen LogP contribution in [0.5, 0.6) is 0 Å². The average molecular weight is 238 g/mol. The second kappa shape index (κ2) is 3.40. The molecule has 4 rings (SSSR count). The third-order valence-electron chi connectivity index (χ3n) is 4.96. The zero-order valence-corrected chi connectivity index (χ0v) is 10.2. The molecule has 0 aliphatic heterocycles. The first-order valence-corrected chi connectivity index (χ1v) is 6.14. The van der Waals surface area contributed by atoms with Crippen LogP contribution in [0.2, 0.25) is 0 Å². The van der Waals surface area contributed by atoms with Crippen LogP contribution in [0.4, 0.5) is 0 Å². The SMILES string of the molecule is COC1(OC)C(=O)C23C=CC1C[C@@H]2CC[C@H]3O. The van der Waals surface area contributed by atoms with Crippen LogP contribution >= 0.6 is 0 Å². The molecule has 4 nitrogen and oxygen atoms in total. The van der Waals surface area contributed by atoms with Gasteiger partial charge in [0, 0.05) is 20.1 Å². The normalized spacial score (nSPS) is 46.3. The predicted octanol–water partition coefficient (Wildman–Crippen LogP) is 0.892. The number of hydrogen-bond acceptors (Lipinski definition) is 4. The van der Waals surface area contributed by atoms with Crippen LogP contribution in [0.1, 0.15) is 19.3 Å². The van der Waals surface area contributed by atoms with Gasteiger partial charge in [0.25, 0.3) is 0 Å². The van der Waals surface area contributed by atoms with Gasteiger partial charge in [0.1, 0.15) is 0 Å². The van der Waals surface area contributed by atoms with E-state index in [-0.39, 0.29) is 17.6 Å². The molecule has 1 spiro atoms. The second-order valence-electron chi connectivity index (χ2n) is 5.33. The number of methoxy groups -OCH3 is 2. The summed E-state index contributed by atoms with van der Waals surface area (Å²) >= 11 is 0. The molecule has 2 saturated carbocycles. The minimum atomic E-state index is -1.18. The lowest BCUT2D eigenvalue weighted by Gasteiger charge is -2.53. The molecule has 2 unspecified atom stereocenters. The first kappa shape index (κ1) is 11.4. The van der Waals surface area contributed by atoms with Crippen molar-refractivity contribution in [3.8, 4) is 0 Å². The molecule has 4 aliphatic carbocycles. The van der Waals surface area contributed by atoms with Crippen molar-refractivity contribution in [1.29, 1.82) is 0 Å². The first-order valence-electron chi connectivity index (χ1n) is 6.14. The quantitative estimate of drug-likeness (QED) is 0.573. The molecule has 0 saturated heterocycles. The van der Waals surface area contributed by atoms with Crippen LogP contribution < -0.4 is 0 Å². The van der Waals surface area contributed by atoms with Gasteiger partial charge in [-0.1, -0.05) is 12.2 Å². The van der Waals surface area contributed by atoms with Crippen molar-refractivity contribution in [2.45, 2.75) is 31.2 Å². The van der Waals surface area contributed by atoms with Crippen molar-refractivity contribution in [1.82, 2.24) is 0 Å². The summed E-state index contributed by atoms with van der Waals surface area (Å²) < 4.78 is 10.8. The molecule has 2 bridgehead atoms. The van der Waals surface area contributed by atoms with E-state index in [2.05, 4.69) is 0 Å². The molecule has 4 heteroatoms. The Balaban J connectivity index is 2.14. The Hall–Kier alpha value is -0.710. The Labute approximate surface area is 101 Å². The second-order valence-corrected chi connectivity index (χ2v) is 5.33. The molecule has 1 N–H and O–H groups in total. The fraction of sp³-hybridized carbons (Fsp3) is 0.769. The summed E-state index contributed by atoms with van der Waals surface area (Å²) in [5, 5.41) is 10.2. The molecule has 17 heavy (non-hydrogen) atoms. The maximum absolute atomic E-state index is 12.7. The van der Waals surface area contributed by atoms with Crippen LogP contribution in [0.25, 0.3) is 0 Å². The molecular formula is C13H18O4. The Morgan fingerprint density at radius 2 is 2.06 bits per heavy atom. The van der Waals surface area contributed by atoms with Gasteiger partial charge in [-0.3, -0.25) is 4.79 Å². The molecule has 0 radical (unpaired) electrons. The molecule has 4 atom stereocenters. The van der Waals surface area contributed by atoms with Crippen LogP contribution in [0, 0.1) is 17.3 Å². The summed E-state index contributed by atoms with van der Waals surface area (Å²) in [4.78, 5) is 12.7. The lowest BCUT2D eigenvalue weighted by Crippen LogP contribution is -2.65. The fourth-order valence-corrected chi connectivity index (χ4v) is 4.07. The standard InChI is InChI=1S/C13H18O4/c1-16-13(17-2)9-5-6-12(11(13)15)8(7-9)3-4-10(12)14/h5-6,8-10,14H,3-4,7H2,1-2H3/t8-,9?,10+,12?/m0/s1. The number of hydrogen-bond donors (Lipinski definition) is 1. The fourth-order valence-electron chi connectivity index (χ4n) is 4.07. The van der Waals surface area contributed by atoms with Crippen molar-refractivity contribution in [3.63, 3.8) is 0 Å². The molecule has 2 fully saturated rings. The molecule has 0 aromatic carbocycles. The molecule has 0 aromatic heterocycles. The number of Topliss-reactive ketones (excluding diaryl/α,β-unsaturated/α-hetero) is 1. The van der Waals surface area contributed by atoms with Crippen molar-refractivity contribution in [2.75, 3.05) is 14.2 Å². The number of carbonyl (C=O) groups is 1. The van der Waals surface area contributed by atoms with Crippen LogP contribution in [0.3, 0.4) is 0 Å². The molecular weight excluding hydrogens is 220 g/mol. The minimum Gasteiger partial charge on any atom is -0.392 e. The van der Waals surface area contributed by atoms with E-state index < -0.39 is 17.3 Å². The molecule has 4 aliphatic rings. The van der Waals surface area contributed by atoms with E-state index in [4.69, 9.17) is 9.47 Å². The van der Waals surface area contributed by atoms with Gasteiger partial charge in [-0.25, -0.2) is 0 Å². The van der Waals surface area contributed by atoms with E-state index in [1.807, 2.05) is 12.2 Å². The maximum atomic E-state index is 12.7. The highest BCUT2D eigenvalue weighted by molar-refractivity contribution is 5.97. The Kier molecular flexibility index (Phi) is 2.28. The highest BCUT2D eigenvalue weighted by Gasteiger charge is 2.68. The van der Waals surface area contributed by atoms with E-state index >= 15 is 0 Å². The smallest absolute Gasteiger partial charge is 0.235 e. The molecule has 94 valence electrons. The number of fused-ring (bicyclic) bond motifs is 1. The van der Waals surface area contributed by atoms with E-state index in [0.717, 1.165) is 12.8 Å². The maximum Gasteiger partial charge on any atom is 0.235 e. The summed E-state index contributed by atoms with van der Waals surface area (Å²) in [6.07, 6.45) is 5.76. The van der Waals surface area contributed by atoms with Gasteiger partial charge in [0.2, 0.25) is 11.6 Å². The lowest BCUT2D eigenvalue weighted by molar-refractivity contribution is -0.250. The zero-order chi connectivity index (χ0) is 12.3. The first-order chi connectivity index (χ1) is 8.11. The number of aliphatic hydroxyl groups is 1. The van der Waals surface area contributed by atoms with E-state index in [0.29, 0.717) is 6.42 Å². The average Bonchev–Trinajstić information content (AvgIpc) is 2.70. The third-order valence-corrected chi connectivity index (χ3v) is 4.96. The number of aliphatic hydroxyl groups excluding tert-OH is 1. The van der Waals surface area contributed by atoms with Gasteiger partial charge < -0.3 is 14.6 Å². The molecule has 0 aromatic rings. The highest BCUT2D eigenvalue weighted by atomic mass is 16.7.